The summed E-state index contributed by atoms with van der Waals surface area (Å²) in [5.74, 6) is 1.10. The van der Waals surface area contributed by atoms with Crippen LogP contribution in [0.25, 0.3) is 0 Å². The van der Waals surface area contributed by atoms with Gasteiger partial charge in [-0.15, -0.1) is 0 Å². The normalized spacial score (nSPS) is 19.7. The Kier molecular flexibility index (Phi) is 7.97. The fourth-order valence-electron chi connectivity index (χ4n) is 4.15. The Labute approximate surface area is 190 Å². The maximum absolute atomic E-state index is 12.6. The zero-order chi connectivity index (χ0) is 22.4. The third kappa shape index (κ3) is 6.69. The Morgan fingerprint density at radius 1 is 1.10 bits per heavy atom. The second-order valence-corrected chi connectivity index (χ2v) is 10.5. The number of hydrogen-bond donors (Lipinski definition) is 2. The van der Waals surface area contributed by atoms with Gasteiger partial charge >= 0.3 is 0 Å². The molecule has 0 saturated carbocycles. The van der Waals surface area contributed by atoms with Crippen LogP contribution in [0.1, 0.15) is 37.0 Å². The lowest BCUT2D eigenvalue weighted by Gasteiger charge is -2.34. The number of nitrogens with one attached hydrogen (secondary N) is 2. The van der Waals surface area contributed by atoms with E-state index in [1.165, 1.54) is 36.8 Å². The molecule has 1 amide bonds. The van der Waals surface area contributed by atoms with E-state index in [9.17, 15) is 13.2 Å². The molecule has 31 heavy (non-hydrogen) atoms. The number of benzene rings is 2. The first-order chi connectivity index (χ1) is 14.7. The number of sulfonamides is 1. The van der Waals surface area contributed by atoms with Gasteiger partial charge in [0.25, 0.3) is 15.9 Å². The van der Waals surface area contributed by atoms with E-state index in [2.05, 4.69) is 28.8 Å². The van der Waals surface area contributed by atoms with Crippen molar-refractivity contribution in [2.45, 2.75) is 31.6 Å². The van der Waals surface area contributed by atoms with Gasteiger partial charge in [0.1, 0.15) is 0 Å². The van der Waals surface area contributed by atoms with Gasteiger partial charge in [0.15, 0.2) is 0 Å². The molecule has 6 nitrogen and oxygen atoms in total. The Bertz CT molecular complexity index is 988. The van der Waals surface area contributed by atoms with Crippen molar-refractivity contribution in [3.63, 3.8) is 0 Å². The van der Waals surface area contributed by atoms with Crippen LogP contribution in [-0.2, 0) is 10.0 Å². The summed E-state index contributed by atoms with van der Waals surface area (Å²) in [6.07, 6.45) is 2.12. The predicted molar refractivity (Wildman–Crippen MR) is 125 cm³/mol. The van der Waals surface area contributed by atoms with E-state index in [4.69, 9.17) is 11.6 Å². The molecular formula is C23H30ClN3O3S. The zero-order valence-corrected chi connectivity index (χ0v) is 19.5. The number of rotatable bonds is 8. The molecular weight excluding hydrogens is 434 g/mol. The van der Waals surface area contributed by atoms with E-state index in [-0.39, 0.29) is 27.1 Å². The lowest BCUT2D eigenvalue weighted by Crippen LogP contribution is -2.40. The van der Waals surface area contributed by atoms with Crippen LogP contribution in [0, 0.1) is 11.8 Å². The summed E-state index contributed by atoms with van der Waals surface area (Å²) in [6.45, 7) is 8.26. The summed E-state index contributed by atoms with van der Waals surface area (Å²) >= 11 is 6.20. The maximum Gasteiger partial charge on any atom is 0.261 e. The fraction of sp³-hybridized carbons (Fsp3) is 0.435. The molecule has 0 aromatic heterocycles. The van der Waals surface area contributed by atoms with E-state index in [1.807, 2.05) is 0 Å². The molecule has 0 aliphatic carbocycles. The highest BCUT2D eigenvalue weighted by Gasteiger charge is 2.21. The van der Waals surface area contributed by atoms with E-state index < -0.39 is 10.0 Å². The van der Waals surface area contributed by atoms with E-state index in [0.717, 1.165) is 26.1 Å². The van der Waals surface area contributed by atoms with Crippen LogP contribution in [0.3, 0.4) is 0 Å². The topological polar surface area (TPSA) is 78.5 Å². The van der Waals surface area contributed by atoms with Gasteiger partial charge in [-0.2, -0.15) is 0 Å². The van der Waals surface area contributed by atoms with E-state index in [1.54, 1.807) is 18.2 Å². The van der Waals surface area contributed by atoms with Crippen LogP contribution in [-0.4, -0.2) is 45.4 Å². The largest absolute Gasteiger partial charge is 0.352 e. The highest BCUT2D eigenvalue weighted by Crippen LogP contribution is 2.23. The number of piperidine rings is 1. The summed E-state index contributed by atoms with van der Waals surface area (Å²) in [6, 6.07) is 12.6. The van der Waals surface area contributed by atoms with Crippen molar-refractivity contribution in [1.29, 1.82) is 0 Å². The second-order valence-electron chi connectivity index (χ2n) is 8.43. The Hall–Kier alpha value is -2.09. The molecule has 2 N–H and O–H groups in total. The summed E-state index contributed by atoms with van der Waals surface area (Å²) in [4.78, 5) is 15.2. The number of anilines is 1. The maximum atomic E-state index is 12.6. The molecule has 8 heteroatoms. The van der Waals surface area contributed by atoms with Crippen LogP contribution in [0.15, 0.2) is 53.4 Å². The van der Waals surface area contributed by atoms with Crippen LogP contribution in [0.4, 0.5) is 5.69 Å². The molecule has 168 valence electrons. The van der Waals surface area contributed by atoms with Gasteiger partial charge in [0, 0.05) is 25.3 Å². The second kappa shape index (κ2) is 10.5. The smallest absolute Gasteiger partial charge is 0.261 e. The molecule has 2 aromatic rings. The van der Waals surface area contributed by atoms with Crippen LogP contribution in [0.5, 0.6) is 0 Å². The lowest BCUT2D eigenvalue weighted by atomic mass is 9.92. The molecule has 2 unspecified atom stereocenters. The van der Waals surface area contributed by atoms with Crippen molar-refractivity contribution >= 4 is 33.2 Å². The van der Waals surface area contributed by atoms with Gasteiger partial charge < -0.3 is 10.2 Å². The number of halogens is 1. The summed E-state index contributed by atoms with van der Waals surface area (Å²) in [5.41, 5.74) is 0.532. The molecule has 1 aliphatic rings. The average Bonchev–Trinajstić information content (AvgIpc) is 2.72. The Balaban J connectivity index is 1.56. The van der Waals surface area contributed by atoms with Gasteiger partial charge in [-0.3, -0.25) is 9.52 Å². The Morgan fingerprint density at radius 3 is 2.45 bits per heavy atom. The highest BCUT2D eigenvalue weighted by atomic mass is 35.5. The van der Waals surface area contributed by atoms with Crippen LogP contribution in [0.2, 0.25) is 5.02 Å². The summed E-state index contributed by atoms with van der Waals surface area (Å²) < 4.78 is 27.6. The average molecular weight is 464 g/mol. The third-order valence-corrected chi connectivity index (χ3v) is 7.12. The summed E-state index contributed by atoms with van der Waals surface area (Å²) in [5, 5.41) is 3.17. The molecule has 1 fully saturated rings. The van der Waals surface area contributed by atoms with E-state index in [0.29, 0.717) is 18.4 Å². The van der Waals surface area contributed by atoms with Crippen molar-refractivity contribution in [2.75, 3.05) is 30.9 Å². The molecule has 1 aliphatic heterocycles. The van der Waals surface area contributed by atoms with Gasteiger partial charge in [-0.1, -0.05) is 43.6 Å². The molecule has 1 heterocycles. The van der Waals surface area contributed by atoms with Crippen molar-refractivity contribution < 1.29 is 13.2 Å². The molecule has 2 atom stereocenters. The highest BCUT2D eigenvalue weighted by molar-refractivity contribution is 7.92. The van der Waals surface area contributed by atoms with E-state index >= 15 is 0 Å². The van der Waals surface area contributed by atoms with Crippen molar-refractivity contribution in [2.24, 2.45) is 11.8 Å². The molecule has 0 radical (unpaired) electrons. The van der Waals surface area contributed by atoms with Gasteiger partial charge in [0.05, 0.1) is 15.5 Å². The quantitative estimate of drug-likeness (QED) is 0.574. The van der Waals surface area contributed by atoms with Crippen molar-refractivity contribution in [3.8, 4) is 0 Å². The number of amides is 1. The van der Waals surface area contributed by atoms with Gasteiger partial charge in [-0.25, -0.2) is 8.42 Å². The SMILES string of the molecule is CC1CC(C)CN(CCCNC(=O)c2cc(NS(=O)(=O)c3ccccc3)ccc2Cl)C1. The van der Waals surface area contributed by atoms with Gasteiger partial charge in [-0.05, 0) is 61.6 Å². The predicted octanol–water partition coefficient (Wildman–Crippen LogP) is 4.24. The molecule has 0 bridgehead atoms. The minimum absolute atomic E-state index is 0.150. The first-order valence-corrected chi connectivity index (χ1v) is 12.5. The van der Waals surface area contributed by atoms with Gasteiger partial charge in [0.2, 0.25) is 0 Å². The number of nitrogens with zero attached hydrogens (tertiary/aromatic N) is 1. The van der Waals surface area contributed by atoms with Crippen LogP contribution < -0.4 is 10.0 Å². The summed E-state index contributed by atoms with van der Waals surface area (Å²) in [7, 11) is -3.74. The standard InChI is InChI=1S/C23H30ClN3O3S/c1-17-13-18(2)16-27(15-17)12-6-11-25-23(28)21-14-19(9-10-22(21)24)26-31(29,30)20-7-4-3-5-8-20/h3-5,7-10,14,17-18,26H,6,11-13,15-16H2,1-2H3,(H,25,28). The minimum Gasteiger partial charge on any atom is -0.352 e. The number of likely N-dealkylation sites (tertiary alicyclic amines) is 1. The zero-order valence-electron chi connectivity index (χ0n) is 18.0. The third-order valence-electron chi connectivity index (χ3n) is 5.40. The number of carbonyl (C=O) groups excluding carboxylic acids is 1. The Morgan fingerprint density at radius 2 is 1.77 bits per heavy atom. The molecule has 0 spiro atoms. The minimum atomic E-state index is -3.74. The monoisotopic (exact) mass is 463 g/mol. The van der Waals surface area contributed by atoms with Crippen molar-refractivity contribution in [3.05, 3.63) is 59.1 Å². The van der Waals surface area contributed by atoms with Crippen molar-refractivity contribution in [1.82, 2.24) is 10.2 Å². The molecule has 3 rings (SSSR count). The first-order valence-electron chi connectivity index (χ1n) is 10.6. The lowest BCUT2D eigenvalue weighted by molar-refractivity contribution is 0.0947. The molecule has 1 saturated heterocycles. The fourth-order valence-corrected chi connectivity index (χ4v) is 5.42. The number of carbonyl (C=O) groups is 1. The van der Waals surface area contributed by atoms with Crippen LogP contribution >= 0.6 is 11.6 Å². The molecule has 2 aromatic carbocycles. The first kappa shape index (κ1) is 23.6. The number of hydrogen-bond acceptors (Lipinski definition) is 4.